The second-order valence-electron chi connectivity index (χ2n) is 5.72. The molecule has 1 aliphatic rings. The Balaban J connectivity index is 1.55. The van der Waals surface area contributed by atoms with Crippen molar-refractivity contribution in [1.29, 1.82) is 0 Å². The summed E-state index contributed by atoms with van der Waals surface area (Å²) in [4.78, 5) is 11.9. The molecular weight excluding hydrogens is 288 g/mol. The highest BCUT2D eigenvalue weighted by Gasteiger charge is 2.16. The summed E-state index contributed by atoms with van der Waals surface area (Å²) in [5, 5.41) is 6.27. The number of amides is 1. The van der Waals surface area contributed by atoms with E-state index in [1.807, 2.05) is 42.5 Å². The van der Waals surface area contributed by atoms with Gasteiger partial charge in [-0.25, -0.2) is 0 Å². The van der Waals surface area contributed by atoms with Crippen molar-refractivity contribution in [3.8, 4) is 16.9 Å². The van der Waals surface area contributed by atoms with Crippen LogP contribution in [0.3, 0.4) is 0 Å². The number of ether oxygens (including phenoxy) is 1. The van der Waals surface area contributed by atoms with Gasteiger partial charge in [0.05, 0.1) is 13.0 Å². The number of hydrogen-bond acceptors (Lipinski definition) is 3. The lowest BCUT2D eigenvalue weighted by Gasteiger charge is -2.13. The third kappa shape index (κ3) is 4.33. The molecular formula is C19H22N2O2. The van der Waals surface area contributed by atoms with E-state index in [0.29, 0.717) is 13.0 Å². The van der Waals surface area contributed by atoms with Crippen LogP contribution < -0.4 is 15.4 Å². The van der Waals surface area contributed by atoms with E-state index < -0.39 is 0 Å². The molecule has 4 nitrogen and oxygen atoms in total. The Morgan fingerprint density at radius 3 is 2.70 bits per heavy atom. The molecule has 4 heteroatoms. The molecule has 1 amide bonds. The molecule has 1 fully saturated rings. The Hall–Kier alpha value is -2.33. The van der Waals surface area contributed by atoms with Crippen molar-refractivity contribution in [2.75, 3.05) is 19.7 Å². The van der Waals surface area contributed by atoms with Crippen LogP contribution in [0.2, 0.25) is 0 Å². The zero-order valence-electron chi connectivity index (χ0n) is 13.1. The summed E-state index contributed by atoms with van der Waals surface area (Å²) in [6, 6.07) is 18.3. The van der Waals surface area contributed by atoms with Gasteiger partial charge in [-0.15, -0.1) is 0 Å². The van der Waals surface area contributed by atoms with E-state index in [1.54, 1.807) is 0 Å². The van der Waals surface area contributed by atoms with Gasteiger partial charge in [0.1, 0.15) is 5.75 Å². The fourth-order valence-corrected chi connectivity index (χ4v) is 2.78. The fourth-order valence-electron chi connectivity index (χ4n) is 2.78. The number of rotatable bonds is 6. The molecule has 0 aromatic heterocycles. The van der Waals surface area contributed by atoms with Gasteiger partial charge in [-0.1, -0.05) is 48.5 Å². The number of hydrogen-bond donors (Lipinski definition) is 2. The van der Waals surface area contributed by atoms with Crippen molar-refractivity contribution in [2.24, 2.45) is 0 Å². The van der Waals surface area contributed by atoms with Gasteiger partial charge < -0.3 is 15.4 Å². The molecule has 23 heavy (non-hydrogen) atoms. The first kappa shape index (κ1) is 15.6. The molecule has 0 bridgehead atoms. The van der Waals surface area contributed by atoms with E-state index in [2.05, 4.69) is 22.8 Å². The summed E-state index contributed by atoms with van der Waals surface area (Å²) in [5.41, 5.74) is 2.16. The lowest BCUT2D eigenvalue weighted by molar-refractivity contribution is -0.122. The zero-order chi connectivity index (χ0) is 15.9. The molecule has 0 saturated carbocycles. The van der Waals surface area contributed by atoms with Crippen molar-refractivity contribution < 1.29 is 9.53 Å². The molecule has 1 unspecified atom stereocenters. The van der Waals surface area contributed by atoms with Crippen LogP contribution in [0.15, 0.2) is 54.6 Å². The molecule has 0 radical (unpaired) electrons. The van der Waals surface area contributed by atoms with E-state index in [0.717, 1.165) is 36.4 Å². The minimum Gasteiger partial charge on any atom is -0.492 e. The zero-order valence-corrected chi connectivity index (χ0v) is 13.1. The van der Waals surface area contributed by atoms with Crippen LogP contribution >= 0.6 is 0 Å². The minimum atomic E-state index is 0.0518. The lowest BCUT2D eigenvalue weighted by atomic mass is 10.1. The summed E-state index contributed by atoms with van der Waals surface area (Å²) in [7, 11) is 0. The van der Waals surface area contributed by atoms with E-state index in [9.17, 15) is 4.79 Å². The molecule has 1 heterocycles. The van der Waals surface area contributed by atoms with E-state index in [1.165, 1.54) is 0 Å². The summed E-state index contributed by atoms with van der Waals surface area (Å²) in [5.74, 6) is 0.866. The quantitative estimate of drug-likeness (QED) is 0.862. The number of carbonyl (C=O) groups excluding carboxylic acids is 1. The fraction of sp³-hybridized carbons (Fsp3) is 0.316. The second-order valence-corrected chi connectivity index (χ2v) is 5.72. The molecule has 1 saturated heterocycles. The first-order valence-corrected chi connectivity index (χ1v) is 8.10. The first-order valence-electron chi connectivity index (χ1n) is 8.10. The number of nitrogens with one attached hydrogen (secondary N) is 2. The SMILES string of the molecule is O=C(CCOc1ccccc1-c1ccccc1)NC1CCNC1. The van der Waals surface area contributed by atoms with Crippen LogP contribution in [0.5, 0.6) is 5.75 Å². The number of benzene rings is 2. The molecule has 2 aromatic carbocycles. The normalized spacial score (nSPS) is 17.0. The average Bonchev–Trinajstić information content (AvgIpc) is 3.09. The summed E-state index contributed by atoms with van der Waals surface area (Å²) in [6.45, 7) is 2.23. The summed E-state index contributed by atoms with van der Waals surface area (Å²) >= 11 is 0. The Morgan fingerprint density at radius 1 is 1.13 bits per heavy atom. The smallest absolute Gasteiger partial charge is 0.223 e. The van der Waals surface area contributed by atoms with E-state index >= 15 is 0 Å². The minimum absolute atomic E-state index is 0.0518. The molecule has 120 valence electrons. The monoisotopic (exact) mass is 310 g/mol. The van der Waals surface area contributed by atoms with Gasteiger partial charge in [0.25, 0.3) is 0 Å². The molecule has 0 spiro atoms. The lowest BCUT2D eigenvalue weighted by Crippen LogP contribution is -2.36. The van der Waals surface area contributed by atoms with Crippen LogP contribution in [0.25, 0.3) is 11.1 Å². The van der Waals surface area contributed by atoms with Crippen LogP contribution in [0, 0.1) is 0 Å². The van der Waals surface area contributed by atoms with Gasteiger partial charge >= 0.3 is 0 Å². The Bertz CT molecular complexity index is 637. The first-order chi connectivity index (χ1) is 11.3. The molecule has 1 atom stereocenters. The number of carbonyl (C=O) groups is 1. The standard InChI is InChI=1S/C19H22N2O2/c22-19(21-16-10-12-20-14-16)11-13-23-18-9-5-4-8-17(18)15-6-2-1-3-7-15/h1-9,16,20H,10-14H2,(H,21,22). The van der Waals surface area contributed by atoms with Gasteiger partial charge in [0.2, 0.25) is 5.91 Å². The Morgan fingerprint density at radius 2 is 1.91 bits per heavy atom. The van der Waals surface area contributed by atoms with Gasteiger partial charge in [-0.3, -0.25) is 4.79 Å². The maximum absolute atomic E-state index is 11.9. The molecule has 2 N–H and O–H groups in total. The summed E-state index contributed by atoms with van der Waals surface area (Å²) < 4.78 is 5.85. The third-order valence-electron chi connectivity index (χ3n) is 3.98. The predicted octanol–water partition coefficient (Wildman–Crippen LogP) is 2.60. The molecule has 2 aromatic rings. The van der Waals surface area contributed by atoms with Crippen molar-refractivity contribution in [1.82, 2.24) is 10.6 Å². The van der Waals surface area contributed by atoms with Crippen molar-refractivity contribution in [3.05, 3.63) is 54.6 Å². The largest absolute Gasteiger partial charge is 0.492 e. The topological polar surface area (TPSA) is 50.4 Å². The molecule has 3 rings (SSSR count). The van der Waals surface area contributed by atoms with Gasteiger partial charge in [-0.05, 0) is 24.6 Å². The number of para-hydroxylation sites is 1. The van der Waals surface area contributed by atoms with Crippen LogP contribution in [-0.4, -0.2) is 31.6 Å². The average molecular weight is 310 g/mol. The third-order valence-corrected chi connectivity index (χ3v) is 3.98. The van der Waals surface area contributed by atoms with Crippen LogP contribution in [0.1, 0.15) is 12.8 Å². The summed E-state index contributed by atoms with van der Waals surface area (Å²) in [6.07, 6.45) is 1.38. The van der Waals surface area contributed by atoms with Crippen molar-refractivity contribution >= 4 is 5.91 Å². The van der Waals surface area contributed by atoms with Gasteiger partial charge in [0, 0.05) is 18.2 Å². The van der Waals surface area contributed by atoms with Crippen molar-refractivity contribution in [3.63, 3.8) is 0 Å². The maximum Gasteiger partial charge on any atom is 0.223 e. The van der Waals surface area contributed by atoms with E-state index in [-0.39, 0.29) is 11.9 Å². The predicted molar refractivity (Wildman–Crippen MR) is 91.4 cm³/mol. The van der Waals surface area contributed by atoms with E-state index in [4.69, 9.17) is 4.74 Å². The van der Waals surface area contributed by atoms with Gasteiger partial charge in [-0.2, -0.15) is 0 Å². The molecule has 1 aliphatic heterocycles. The highest BCUT2D eigenvalue weighted by Crippen LogP contribution is 2.29. The second kappa shape index (κ2) is 7.79. The Kier molecular flexibility index (Phi) is 5.27. The maximum atomic E-state index is 11.9. The van der Waals surface area contributed by atoms with Gasteiger partial charge in [0.15, 0.2) is 0 Å². The molecule has 0 aliphatic carbocycles. The van der Waals surface area contributed by atoms with Crippen LogP contribution in [-0.2, 0) is 4.79 Å². The van der Waals surface area contributed by atoms with Crippen LogP contribution in [0.4, 0.5) is 0 Å². The highest BCUT2D eigenvalue weighted by atomic mass is 16.5. The highest BCUT2D eigenvalue weighted by molar-refractivity contribution is 5.76. The van der Waals surface area contributed by atoms with Crippen molar-refractivity contribution in [2.45, 2.75) is 18.9 Å². The Labute approximate surface area is 136 Å².